The van der Waals surface area contributed by atoms with Crippen molar-refractivity contribution in [3.05, 3.63) is 53.3 Å². The quantitative estimate of drug-likeness (QED) is 0.446. The molecule has 3 heterocycles. The van der Waals surface area contributed by atoms with Crippen molar-refractivity contribution in [3.63, 3.8) is 0 Å². The fourth-order valence-corrected chi connectivity index (χ4v) is 4.54. The molecule has 1 aromatic carbocycles. The second-order valence-electron chi connectivity index (χ2n) is 10.2. The molecule has 3 aromatic rings. The summed E-state index contributed by atoms with van der Waals surface area (Å²) in [5, 5.41) is 8.34. The summed E-state index contributed by atoms with van der Waals surface area (Å²) in [6, 6.07) is 10.5. The molecule has 1 N–H and O–H groups in total. The molecule has 0 unspecified atom stereocenters. The SMILES string of the molecule is CC(C)c1cc(C(=O)NCc2cccc(OCCN(C)C3CCOCC3)c2)c2cnn(C(C)C)c2n1. The third-order valence-electron chi connectivity index (χ3n) is 6.79. The van der Waals surface area contributed by atoms with Crippen molar-refractivity contribution in [3.8, 4) is 5.75 Å². The van der Waals surface area contributed by atoms with E-state index in [4.69, 9.17) is 14.5 Å². The van der Waals surface area contributed by atoms with Crippen molar-refractivity contribution >= 4 is 16.9 Å². The maximum atomic E-state index is 13.2. The Morgan fingerprint density at radius 3 is 2.72 bits per heavy atom. The predicted octanol–water partition coefficient (Wildman–Crippen LogP) is 4.56. The molecule has 0 saturated carbocycles. The van der Waals surface area contributed by atoms with Gasteiger partial charge in [-0.3, -0.25) is 9.69 Å². The number of fused-ring (bicyclic) bond motifs is 1. The number of benzene rings is 1. The second-order valence-corrected chi connectivity index (χ2v) is 10.2. The Kier molecular flexibility index (Phi) is 8.59. The number of rotatable bonds is 10. The van der Waals surface area contributed by atoms with Gasteiger partial charge in [-0.25, -0.2) is 9.67 Å². The first-order valence-corrected chi connectivity index (χ1v) is 13.0. The van der Waals surface area contributed by atoms with Gasteiger partial charge in [0.2, 0.25) is 0 Å². The predicted molar refractivity (Wildman–Crippen MR) is 142 cm³/mol. The number of ether oxygens (including phenoxy) is 2. The minimum Gasteiger partial charge on any atom is -0.492 e. The number of carbonyl (C=O) groups is 1. The summed E-state index contributed by atoms with van der Waals surface area (Å²) in [6.07, 6.45) is 3.89. The van der Waals surface area contributed by atoms with E-state index in [9.17, 15) is 4.79 Å². The van der Waals surface area contributed by atoms with Crippen molar-refractivity contribution in [1.29, 1.82) is 0 Å². The molecular weight excluding hydrogens is 454 g/mol. The average molecular weight is 494 g/mol. The number of hydrogen-bond donors (Lipinski definition) is 1. The first-order valence-electron chi connectivity index (χ1n) is 13.0. The molecule has 4 rings (SSSR count). The number of carbonyl (C=O) groups excluding carboxylic acids is 1. The molecule has 2 aromatic heterocycles. The molecule has 1 saturated heterocycles. The van der Waals surface area contributed by atoms with Crippen LogP contribution in [0.3, 0.4) is 0 Å². The first kappa shape index (κ1) is 26.1. The molecule has 1 aliphatic heterocycles. The van der Waals surface area contributed by atoms with Gasteiger partial charge in [-0.2, -0.15) is 5.10 Å². The molecule has 1 fully saturated rings. The third-order valence-corrected chi connectivity index (χ3v) is 6.79. The maximum absolute atomic E-state index is 13.2. The van der Waals surface area contributed by atoms with E-state index in [1.807, 2.05) is 35.0 Å². The molecule has 1 amide bonds. The van der Waals surface area contributed by atoms with E-state index in [2.05, 4.69) is 50.1 Å². The standard InChI is InChI=1S/C28H39N5O3/c1-19(2)26-16-24(25-18-30-33(20(3)4)27(25)31-26)28(34)29-17-21-7-6-8-23(15-21)36-14-11-32(5)22-9-12-35-13-10-22/h6-8,15-16,18-20,22H,9-14,17H2,1-5H3,(H,29,34). The monoisotopic (exact) mass is 493 g/mol. The highest BCUT2D eigenvalue weighted by Crippen LogP contribution is 2.24. The van der Waals surface area contributed by atoms with E-state index in [-0.39, 0.29) is 17.9 Å². The van der Waals surface area contributed by atoms with Crippen LogP contribution in [0, 0.1) is 0 Å². The van der Waals surface area contributed by atoms with Gasteiger partial charge in [-0.05, 0) is 63.4 Å². The van der Waals surface area contributed by atoms with Crippen molar-refractivity contribution in [2.45, 2.75) is 65.1 Å². The van der Waals surface area contributed by atoms with Gasteiger partial charge in [0.25, 0.3) is 5.91 Å². The van der Waals surface area contributed by atoms with Gasteiger partial charge in [-0.1, -0.05) is 26.0 Å². The Hall–Kier alpha value is -2.97. The van der Waals surface area contributed by atoms with Crippen molar-refractivity contribution in [1.82, 2.24) is 25.0 Å². The summed E-state index contributed by atoms with van der Waals surface area (Å²) in [5.74, 6) is 0.890. The molecule has 0 aliphatic carbocycles. The first-order chi connectivity index (χ1) is 17.3. The molecular formula is C28H39N5O3. The smallest absolute Gasteiger partial charge is 0.252 e. The van der Waals surface area contributed by atoms with Gasteiger partial charge in [0.1, 0.15) is 12.4 Å². The zero-order valence-corrected chi connectivity index (χ0v) is 22.2. The van der Waals surface area contributed by atoms with Crippen LogP contribution < -0.4 is 10.1 Å². The van der Waals surface area contributed by atoms with E-state index in [1.165, 1.54) is 0 Å². The van der Waals surface area contributed by atoms with Crippen LogP contribution in [-0.4, -0.2) is 65.0 Å². The number of aromatic nitrogens is 3. The average Bonchev–Trinajstić information content (AvgIpc) is 3.32. The maximum Gasteiger partial charge on any atom is 0.252 e. The van der Waals surface area contributed by atoms with Gasteiger partial charge in [0.05, 0.1) is 17.1 Å². The van der Waals surface area contributed by atoms with Crippen LogP contribution in [0.4, 0.5) is 0 Å². The highest BCUT2D eigenvalue weighted by Gasteiger charge is 2.20. The normalized spacial score (nSPS) is 14.8. The molecule has 0 radical (unpaired) electrons. The third kappa shape index (κ3) is 6.23. The largest absolute Gasteiger partial charge is 0.492 e. The molecule has 8 nitrogen and oxygen atoms in total. The molecule has 36 heavy (non-hydrogen) atoms. The fourth-order valence-electron chi connectivity index (χ4n) is 4.54. The minimum absolute atomic E-state index is 0.128. The van der Waals surface area contributed by atoms with E-state index < -0.39 is 0 Å². The van der Waals surface area contributed by atoms with Crippen molar-refractivity contribution in [2.75, 3.05) is 33.4 Å². The second kappa shape index (κ2) is 11.8. The highest BCUT2D eigenvalue weighted by atomic mass is 16.5. The lowest BCUT2D eigenvalue weighted by atomic mass is 10.0. The molecule has 194 valence electrons. The summed E-state index contributed by atoms with van der Waals surface area (Å²) in [4.78, 5) is 20.4. The molecule has 8 heteroatoms. The van der Waals surface area contributed by atoms with E-state index >= 15 is 0 Å². The van der Waals surface area contributed by atoms with Crippen molar-refractivity contribution < 1.29 is 14.3 Å². The number of nitrogens with one attached hydrogen (secondary N) is 1. The number of hydrogen-bond acceptors (Lipinski definition) is 6. The van der Waals surface area contributed by atoms with Crippen LogP contribution in [0.2, 0.25) is 0 Å². The van der Waals surface area contributed by atoms with Gasteiger partial charge >= 0.3 is 0 Å². The molecule has 0 bridgehead atoms. The Balaban J connectivity index is 1.38. The van der Waals surface area contributed by atoms with Crippen molar-refractivity contribution in [2.24, 2.45) is 0 Å². The minimum atomic E-state index is -0.128. The van der Waals surface area contributed by atoms with Gasteiger partial charge in [-0.15, -0.1) is 0 Å². The van der Waals surface area contributed by atoms with Crippen LogP contribution in [-0.2, 0) is 11.3 Å². The summed E-state index contributed by atoms with van der Waals surface area (Å²) in [7, 11) is 2.15. The Bertz CT molecular complexity index is 1170. The summed E-state index contributed by atoms with van der Waals surface area (Å²) in [6.45, 7) is 11.9. The van der Waals surface area contributed by atoms with Gasteiger partial charge in [0, 0.05) is 44.1 Å². The van der Waals surface area contributed by atoms with E-state index in [0.29, 0.717) is 24.8 Å². The van der Waals surface area contributed by atoms with Crippen LogP contribution >= 0.6 is 0 Å². The van der Waals surface area contributed by atoms with Gasteiger partial charge < -0.3 is 14.8 Å². The number of pyridine rings is 1. The van der Waals surface area contributed by atoms with E-state index in [0.717, 1.165) is 60.6 Å². The Labute approximate surface area is 214 Å². The number of nitrogens with zero attached hydrogens (tertiary/aromatic N) is 4. The lowest BCUT2D eigenvalue weighted by Gasteiger charge is -2.31. The Morgan fingerprint density at radius 1 is 1.22 bits per heavy atom. The van der Waals surface area contributed by atoms with Crippen LogP contribution in [0.5, 0.6) is 5.75 Å². The Morgan fingerprint density at radius 2 is 2.00 bits per heavy atom. The zero-order chi connectivity index (χ0) is 25.7. The molecule has 0 atom stereocenters. The summed E-state index contributed by atoms with van der Waals surface area (Å²) in [5.41, 5.74) is 3.24. The van der Waals surface area contributed by atoms with Crippen LogP contribution in [0.1, 0.15) is 74.1 Å². The summed E-state index contributed by atoms with van der Waals surface area (Å²) < 4.78 is 13.4. The lowest BCUT2D eigenvalue weighted by Crippen LogP contribution is -2.38. The molecule has 1 aliphatic rings. The highest BCUT2D eigenvalue weighted by molar-refractivity contribution is 6.05. The topological polar surface area (TPSA) is 81.5 Å². The molecule has 0 spiro atoms. The van der Waals surface area contributed by atoms with Crippen LogP contribution in [0.15, 0.2) is 36.5 Å². The number of likely N-dealkylation sites (N-methyl/N-ethyl adjacent to an activating group) is 1. The van der Waals surface area contributed by atoms with E-state index in [1.54, 1.807) is 6.20 Å². The number of amides is 1. The lowest BCUT2D eigenvalue weighted by molar-refractivity contribution is 0.0392. The van der Waals surface area contributed by atoms with Crippen LogP contribution in [0.25, 0.3) is 11.0 Å². The van der Waals surface area contributed by atoms with Gasteiger partial charge in [0.15, 0.2) is 5.65 Å². The zero-order valence-electron chi connectivity index (χ0n) is 22.2. The summed E-state index contributed by atoms with van der Waals surface area (Å²) >= 11 is 0. The fraction of sp³-hybridized carbons (Fsp3) is 0.536.